The van der Waals surface area contributed by atoms with Gasteiger partial charge in [0.05, 0.1) is 0 Å². The lowest BCUT2D eigenvalue weighted by atomic mass is 9.99. The number of carboxylic acids is 3. The minimum atomic E-state index is -1.50. The Balaban J connectivity index is 1.97. The molecule has 0 aliphatic carbocycles. The van der Waals surface area contributed by atoms with E-state index in [1.165, 1.54) is 12.1 Å². The third kappa shape index (κ3) is 8.80. The molecule has 0 saturated carbocycles. The number of hydrogen-bond donors (Lipinski definition) is 5. The van der Waals surface area contributed by atoms with E-state index in [9.17, 15) is 29.1 Å². The molecule has 2 rings (SSSR count). The summed E-state index contributed by atoms with van der Waals surface area (Å²) in [4.78, 5) is 60.7. The molecule has 0 spiro atoms. The van der Waals surface area contributed by atoms with E-state index in [0.29, 0.717) is 22.4 Å². The zero-order valence-electron chi connectivity index (χ0n) is 18.8. The summed E-state index contributed by atoms with van der Waals surface area (Å²) >= 11 is 0. The molecule has 2 aromatic rings. The van der Waals surface area contributed by atoms with Crippen molar-refractivity contribution in [3.63, 3.8) is 0 Å². The van der Waals surface area contributed by atoms with Gasteiger partial charge in [0.15, 0.2) is 5.78 Å². The maximum absolute atomic E-state index is 12.5. The molecule has 2 atom stereocenters. The summed E-state index contributed by atoms with van der Waals surface area (Å²) in [6.45, 7) is 0. The van der Waals surface area contributed by atoms with Gasteiger partial charge >= 0.3 is 23.9 Å². The second-order valence-corrected chi connectivity index (χ2v) is 7.69. The highest BCUT2D eigenvalue weighted by Crippen LogP contribution is 2.16. The van der Waals surface area contributed by atoms with Crippen LogP contribution < -0.4 is 10.6 Å². The summed E-state index contributed by atoms with van der Waals surface area (Å²) in [5, 5.41) is 34.9. The number of aliphatic carboxylic acids is 3. The molecule has 0 fully saturated rings. The van der Waals surface area contributed by atoms with Gasteiger partial charge in [-0.2, -0.15) is 0 Å². The predicted octanol–water partition coefficient (Wildman–Crippen LogP) is 2.67. The highest BCUT2D eigenvalue weighted by Gasteiger charge is 2.25. The number of nitrogens with zero attached hydrogens (tertiary/aromatic N) is 3. The molecule has 0 heterocycles. The number of benzene rings is 2. The Morgan fingerprint density at radius 1 is 0.833 bits per heavy atom. The number of carboxylic acid groups (broad SMARTS) is 3. The molecule has 0 radical (unpaired) electrons. The van der Waals surface area contributed by atoms with E-state index < -0.39 is 42.4 Å². The van der Waals surface area contributed by atoms with Gasteiger partial charge in [-0.15, -0.1) is 0 Å². The number of nitrogens with one attached hydrogen (secondary N) is 2. The van der Waals surface area contributed by atoms with Crippen molar-refractivity contribution in [3.05, 3.63) is 75.7 Å². The molecule has 13 nitrogen and oxygen atoms in total. The number of ketones is 1. The monoisotopic (exact) mass is 497 g/mol. The molecule has 2 amide bonds. The van der Waals surface area contributed by atoms with Crippen LogP contribution in [0.3, 0.4) is 0 Å². The van der Waals surface area contributed by atoms with E-state index in [2.05, 4.69) is 20.7 Å². The lowest BCUT2D eigenvalue weighted by molar-refractivity contribution is -0.140. The molecular weight excluding hydrogens is 474 g/mol. The SMILES string of the molecule is [N-]=[N+]=Nc1ccc(C(=O)Cc2ccc(C[C@H](NC(=O)N[C@@H](CCC(=O)O)C(=O)O)C(=O)O)cc2)cc1. The minimum absolute atomic E-state index is 0.0804. The van der Waals surface area contributed by atoms with E-state index in [0.717, 1.165) is 0 Å². The first-order valence-electron chi connectivity index (χ1n) is 10.6. The molecule has 188 valence electrons. The van der Waals surface area contributed by atoms with Crippen LogP contribution in [-0.4, -0.2) is 57.1 Å². The lowest BCUT2D eigenvalue weighted by Crippen LogP contribution is -2.51. The Bertz CT molecular complexity index is 1170. The first-order valence-corrected chi connectivity index (χ1v) is 10.6. The van der Waals surface area contributed by atoms with Gasteiger partial charge in [0.25, 0.3) is 0 Å². The second-order valence-electron chi connectivity index (χ2n) is 7.69. The summed E-state index contributed by atoms with van der Waals surface area (Å²) in [6.07, 6.45) is -0.898. The van der Waals surface area contributed by atoms with Crippen molar-refractivity contribution >= 4 is 35.4 Å². The predicted molar refractivity (Wildman–Crippen MR) is 125 cm³/mol. The zero-order valence-corrected chi connectivity index (χ0v) is 18.8. The van der Waals surface area contributed by atoms with E-state index >= 15 is 0 Å². The first-order chi connectivity index (χ1) is 17.1. The van der Waals surface area contributed by atoms with E-state index in [1.807, 2.05) is 0 Å². The number of rotatable bonds is 13. The normalized spacial score (nSPS) is 11.9. The first kappa shape index (κ1) is 27.3. The van der Waals surface area contributed by atoms with Crippen LogP contribution in [0.2, 0.25) is 0 Å². The van der Waals surface area contributed by atoms with Crippen LogP contribution in [-0.2, 0) is 27.2 Å². The van der Waals surface area contributed by atoms with Crippen LogP contribution in [0.4, 0.5) is 10.5 Å². The number of amides is 2. The van der Waals surface area contributed by atoms with Gasteiger partial charge in [-0.25, -0.2) is 14.4 Å². The van der Waals surface area contributed by atoms with Crippen molar-refractivity contribution in [1.29, 1.82) is 0 Å². The third-order valence-electron chi connectivity index (χ3n) is 5.03. The maximum atomic E-state index is 12.5. The molecule has 0 bridgehead atoms. The van der Waals surface area contributed by atoms with Gasteiger partial charge in [-0.05, 0) is 23.1 Å². The fraction of sp³-hybridized carbons (Fsp3) is 0.261. The number of hydrogen-bond acceptors (Lipinski definition) is 6. The highest BCUT2D eigenvalue weighted by molar-refractivity contribution is 5.97. The van der Waals surface area contributed by atoms with Gasteiger partial charge in [0, 0.05) is 35.4 Å². The highest BCUT2D eigenvalue weighted by atomic mass is 16.4. The number of carbonyl (C=O) groups excluding carboxylic acids is 2. The van der Waals surface area contributed by atoms with Gasteiger partial charge in [0.1, 0.15) is 12.1 Å². The number of carbonyl (C=O) groups is 5. The molecule has 0 aliphatic heterocycles. The Kier molecular flexibility index (Phi) is 9.96. The number of Topliss-reactive ketones (excluding diaryl/α,β-unsaturated/α-hetero) is 1. The van der Waals surface area contributed by atoms with E-state index in [-0.39, 0.29) is 25.0 Å². The van der Waals surface area contributed by atoms with Crippen LogP contribution in [0.15, 0.2) is 53.6 Å². The summed E-state index contributed by atoms with van der Waals surface area (Å²) < 4.78 is 0. The average molecular weight is 497 g/mol. The summed E-state index contributed by atoms with van der Waals surface area (Å²) in [6, 6.07) is 8.70. The summed E-state index contributed by atoms with van der Waals surface area (Å²) in [7, 11) is 0. The van der Waals surface area contributed by atoms with Gasteiger partial charge in [0.2, 0.25) is 0 Å². The molecule has 0 aliphatic rings. The van der Waals surface area contributed by atoms with Crippen LogP contribution in [0, 0.1) is 0 Å². The molecule has 0 aromatic heterocycles. The fourth-order valence-electron chi connectivity index (χ4n) is 3.17. The quantitative estimate of drug-likeness (QED) is 0.119. The largest absolute Gasteiger partial charge is 0.481 e. The van der Waals surface area contributed by atoms with Crippen molar-refractivity contribution in [3.8, 4) is 0 Å². The second kappa shape index (κ2) is 13.1. The molecule has 36 heavy (non-hydrogen) atoms. The van der Waals surface area contributed by atoms with Crippen LogP contribution >= 0.6 is 0 Å². The minimum Gasteiger partial charge on any atom is -0.481 e. The molecule has 13 heteroatoms. The molecular formula is C23H23N5O8. The Morgan fingerprint density at radius 2 is 1.39 bits per heavy atom. The fourth-order valence-corrected chi connectivity index (χ4v) is 3.17. The van der Waals surface area contributed by atoms with Gasteiger partial charge in [-0.3, -0.25) is 9.59 Å². The van der Waals surface area contributed by atoms with Crippen molar-refractivity contribution in [2.24, 2.45) is 5.11 Å². The van der Waals surface area contributed by atoms with Crippen LogP contribution in [0.5, 0.6) is 0 Å². The van der Waals surface area contributed by atoms with Crippen molar-refractivity contribution in [1.82, 2.24) is 10.6 Å². The topological polar surface area (TPSA) is 219 Å². The van der Waals surface area contributed by atoms with Gasteiger partial charge < -0.3 is 26.0 Å². The maximum Gasteiger partial charge on any atom is 0.326 e. The number of urea groups is 1. The average Bonchev–Trinajstić information content (AvgIpc) is 2.82. The van der Waals surface area contributed by atoms with E-state index in [4.69, 9.17) is 15.7 Å². The van der Waals surface area contributed by atoms with Crippen molar-refractivity contribution in [2.75, 3.05) is 0 Å². The summed E-state index contributed by atoms with van der Waals surface area (Å²) in [5.41, 5.74) is 10.5. The van der Waals surface area contributed by atoms with Crippen LogP contribution in [0.25, 0.3) is 10.4 Å². The molecule has 0 unspecified atom stereocenters. The number of azide groups is 1. The summed E-state index contributed by atoms with van der Waals surface area (Å²) in [5.74, 6) is -4.21. The van der Waals surface area contributed by atoms with Crippen molar-refractivity contribution < 1.29 is 39.3 Å². The standard InChI is InChI=1S/C23H23N5O8/c24-28-27-16-7-5-15(6-8-16)19(29)12-14-3-1-13(2-4-14)11-18(22(34)35)26-23(36)25-17(21(32)33)9-10-20(30)31/h1-8,17-18H,9-12H2,(H,30,31)(H,32,33)(H,34,35)(H2,25,26,36)/t17-,18-/m0/s1. The van der Waals surface area contributed by atoms with Gasteiger partial charge in [-0.1, -0.05) is 53.6 Å². The van der Waals surface area contributed by atoms with Crippen molar-refractivity contribution in [2.45, 2.75) is 37.8 Å². The van der Waals surface area contributed by atoms with E-state index in [1.54, 1.807) is 36.4 Å². The zero-order chi connectivity index (χ0) is 26.7. The molecule has 0 saturated heterocycles. The Hall–Kier alpha value is -4.90. The third-order valence-corrected chi connectivity index (χ3v) is 5.03. The molecule has 5 N–H and O–H groups in total. The van der Waals surface area contributed by atoms with Crippen LogP contribution in [0.1, 0.15) is 34.3 Å². The molecule has 2 aromatic carbocycles. The lowest BCUT2D eigenvalue weighted by Gasteiger charge is -2.18. The Morgan fingerprint density at radius 3 is 1.92 bits per heavy atom. The smallest absolute Gasteiger partial charge is 0.326 e. The Labute approximate surface area is 204 Å².